The smallest absolute Gasteiger partial charge is 0.369 e. The quantitative estimate of drug-likeness (QED) is 0.278. The van der Waals surface area contributed by atoms with E-state index in [9.17, 15) is 18.0 Å². The molecule has 0 amide bonds. The van der Waals surface area contributed by atoms with Gasteiger partial charge in [-0.2, -0.15) is 13.2 Å². The van der Waals surface area contributed by atoms with Crippen molar-refractivity contribution in [3.63, 3.8) is 0 Å². The number of aryl methyl sites for hydroxylation is 4. The molecule has 43 heavy (non-hydrogen) atoms. The fraction of sp³-hybridized carbons (Fsp3) is 0.312. The van der Waals surface area contributed by atoms with Gasteiger partial charge in [0.25, 0.3) is 5.56 Å². The Hall–Kier alpha value is -4.51. The second kappa shape index (κ2) is 11.6. The highest BCUT2D eigenvalue weighted by molar-refractivity contribution is 5.83. The topological polar surface area (TPSA) is 82.9 Å². The van der Waals surface area contributed by atoms with E-state index in [4.69, 9.17) is 0 Å². The molecule has 0 radical (unpaired) electrons. The average molecular weight is 588 g/mol. The summed E-state index contributed by atoms with van der Waals surface area (Å²) in [6.45, 7) is 6.47. The van der Waals surface area contributed by atoms with E-state index in [1.165, 1.54) is 12.1 Å². The van der Waals surface area contributed by atoms with Crippen molar-refractivity contribution in [2.75, 3.05) is 31.1 Å². The summed E-state index contributed by atoms with van der Waals surface area (Å²) in [5.41, 5.74) is 4.20. The summed E-state index contributed by atoms with van der Waals surface area (Å²) in [5, 5.41) is 13.6. The molecule has 3 heterocycles. The van der Waals surface area contributed by atoms with Crippen LogP contribution in [0.5, 0.6) is 0 Å². The molecule has 8 nitrogen and oxygen atoms in total. The van der Waals surface area contributed by atoms with Crippen LogP contribution in [0.2, 0.25) is 0 Å². The Morgan fingerprint density at radius 3 is 2.44 bits per heavy atom. The third kappa shape index (κ3) is 5.90. The predicted molar refractivity (Wildman–Crippen MR) is 159 cm³/mol. The zero-order valence-corrected chi connectivity index (χ0v) is 24.0. The Morgan fingerprint density at radius 2 is 1.70 bits per heavy atom. The minimum Gasteiger partial charge on any atom is -0.369 e. The molecule has 1 unspecified atom stereocenters. The van der Waals surface area contributed by atoms with Gasteiger partial charge in [0.2, 0.25) is 0 Å². The molecule has 1 aliphatic rings. The van der Waals surface area contributed by atoms with Crippen LogP contribution in [0.25, 0.3) is 10.9 Å². The number of nitrogens with one attached hydrogen (secondary N) is 1. The van der Waals surface area contributed by atoms with Gasteiger partial charge in [-0.1, -0.05) is 48.5 Å². The molecule has 0 bridgehead atoms. The van der Waals surface area contributed by atoms with Gasteiger partial charge in [-0.05, 0) is 77.0 Å². The number of alkyl halides is 3. The Kier molecular flexibility index (Phi) is 7.74. The van der Waals surface area contributed by atoms with Gasteiger partial charge >= 0.3 is 6.18 Å². The van der Waals surface area contributed by atoms with Gasteiger partial charge in [0.1, 0.15) is 6.04 Å². The van der Waals surface area contributed by atoms with Gasteiger partial charge in [-0.3, -0.25) is 9.69 Å². The number of aromatic nitrogens is 5. The number of halogens is 3. The van der Waals surface area contributed by atoms with Crippen molar-refractivity contribution in [2.24, 2.45) is 0 Å². The standard InChI is InChI=1S/C32H32F3N7O/c1-21-11-12-24-19-27(31(43)36-28(24)22(21)2)29(30-37-38-39-42(30)14-13-23-7-4-3-5-8-23)41-17-15-40(16-18-41)26-10-6-9-25(20-26)32(33,34)35/h3-12,19-20,29H,13-18H2,1-2H3,(H,36,43). The average Bonchev–Trinajstić information content (AvgIpc) is 3.47. The van der Waals surface area contributed by atoms with Gasteiger partial charge in [-0.15, -0.1) is 5.10 Å². The van der Waals surface area contributed by atoms with Gasteiger partial charge in [-0.25, -0.2) is 4.68 Å². The second-order valence-electron chi connectivity index (χ2n) is 11.0. The van der Waals surface area contributed by atoms with E-state index in [1.54, 1.807) is 10.7 Å². The van der Waals surface area contributed by atoms with Crippen LogP contribution in [0, 0.1) is 13.8 Å². The van der Waals surface area contributed by atoms with Crippen LogP contribution in [-0.2, 0) is 19.1 Å². The number of nitrogens with zero attached hydrogens (tertiary/aromatic N) is 6. The first-order valence-corrected chi connectivity index (χ1v) is 14.3. The van der Waals surface area contributed by atoms with Gasteiger partial charge in [0, 0.05) is 44.0 Å². The molecule has 3 aromatic carbocycles. The molecule has 0 aliphatic carbocycles. The molecule has 1 atom stereocenters. The SMILES string of the molecule is Cc1ccc2cc(C(c3nnnn3CCc3ccccc3)N3CCN(c4cccc(C(F)(F)F)c4)CC3)c(=O)[nH]c2c1C. The number of benzene rings is 3. The Balaban J connectivity index is 1.34. The maximum atomic E-state index is 13.7. The van der Waals surface area contributed by atoms with Gasteiger partial charge < -0.3 is 9.88 Å². The van der Waals surface area contributed by atoms with Crippen LogP contribution >= 0.6 is 0 Å². The number of aromatic amines is 1. The van der Waals surface area contributed by atoms with Crippen molar-refractivity contribution in [1.82, 2.24) is 30.1 Å². The first-order valence-electron chi connectivity index (χ1n) is 14.3. The van der Waals surface area contributed by atoms with Crippen molar-refractivity contribution in [2.45, 2.75) is 39.0 Å². The first kappa shape index (κ1) is 28.6. The summed E-state index contributed by atoms with van der Waals surface area (Å²) in [5.74, 6) is 0.553. The van der Waals surface area contributed by atoms with Crippen LogP contribution in [0.1, 0.15) is 39.7 Å². The lowest BCUT2D eigenvalue weighted by Crippen LogP contribution is -2.49. The fourth-order valence-corrected chi connectivity index (χ4v) is 5.81. The van der Waals surface area contributed by atoms with Crippen LogP contribution in [-0.4, -0.2) is 56.3 Å². The molecule has 11 heteroatoms. The van der Waals surface area contributed by atoms with E-state index >= 15 is 0 Å². The van der Waals surface area contributed by atoms with E-state index < -0.39 is 17.8 Å². The molecular formula is C32H32F3N7O. The molecule has 5 aromatic rings. The maximum Gasteiger partial charge on any atom is 0.416 e. The third-order valence-electron chi connectivity index (χ3n) is 8.35. The molecule has 1 saturated heterocycles. The second-order valence-corrected chi connectivity index (χ2v) is 11.0. The Labute approximate surface area is 246 Å². The highest BCUT2D eigenvalue weighted by atomic mass is 19.4. The lowest BCUT2D eigenvalue weighted by molar-refractivity contribution is -0.137. The van der Waals surface area contributed by atoms with E-state index in [-0.39, 0.29) is 5.56 Å². The highest BCUT2D eigenvalue weighted by Crippen LogP contribution is 2.33. The van der Waals surface area contributed by atoms with Gasteiger partial charge in [0.05, 0.1) is 11.1 Å². The number of H-pyrrole nitrogens is 1. The zero-order chi connectivity index (χ0) is 30.1. The lowest BCUT2D eigenvalue weighted by atomic mass is 9.99. The number of hydrogen-bond acceptors (Lipinski definition) is 6. The largest absolute Gasteiger partial charge is 0.416 e. The summed E-state index contributed by atoms with van der Waals surface area (Å²) in [6.07, 6.45) is -3.70. The van der Waals surface area contributed by atoms with Crippen molar-refractivity contribution in [3.8, 4) is 0 Å². The molecule has 222 valence electrons. The fourth-order valence-electron chi connectivity index (χ4n) is 5.81. The molecule has 6 rings (SSSR count). The summed E-state index contributed by atoms with van der Waals surface area (Å²) < 4.78 is 41.9. The predicted octanol–water partition coefficient (Wildman–Crippen LogP) is 5.30. The molecule has 0 spiro atoms. The number of anilines is 1. The highest BCUT2D eigenvalue weighted by Gasteiger charge is 2.34. The monoisotopic (exact) mass is 587 g/mol. The Bertz CT molecular complexity index is 1790. The number of rotatable bonds is 7. The summed E-state index contributed by atoms with van der Waals surface area (Å²) in [7, 11) is 0. The summed E-state index contributed by atoms with van der Waals surface area (Å²) >= 11 is 0. The van der Waals surface area contributed by atoms with Crippen molar-refractivity contribution < 1.29 is 13.2 Å². The van der Waals surface area contributed by atoms with Crippen LogP contribution < -0.4 is 10.5 Å². The Morgan fingerprint density at radius 1 is 0.930 bits per heavy atom. The van der Waals surface area contributed by atoms with Crippen LogP contribution in [0.4, 0.5) is 18.9 Å². The van der Waals surface area contributed by atoms with Crippen molar-refractivity contribution in [3.05, 3.63) is 117 Å². The molecule has 1 aliphatic heterocycles. The zero-order valence-electron chi connectivity index (χ0n) is 24.0. The molecule has 0 saturated carbocycles. The number of hydrogen-bond donors (Lipinski definition) is 1. The number of pyridine rings is 1. The lowest BCUT2D eigenvalue weighted by Gasteiger charge is -2.39. The minimum atomic E-state index is -4.41. The summed E-state index contributed by atoms with van der Waals surface area (Å²) in [6, 6.07) is 20.8. The van der Waals surface area contributed by atoms with E-state index in [2.05, 4.69) is 25.4 Å². The van der Waals surface area contributed by atoms with E-state index in [1.807, 2.05) is 67.3 Å². The third-order valence-corrected chi connectivity index (χ3v) is 8.35. The summed E-state index contributed by atoms with van der Waals surface area (Å²) in [4.78, 5) is 20.9. The minimum absolute atomic E-state index is 0.218. The maximum absolute atomic E-state index is 13.7. The normalized spacial score (nSPS) is 15.2. The molecule has 1 fully saturated rings. The number of fused-ring (bicyclic) bond motifs is 1. The van der Waals surface area contributed by atoms with Crippen LogP contribution in [0.15, 0.2) is 77.6 Å². The van der Waals surface area contributed by atoms with E-state index in [0.717, 1.165) is 33.7 Å². The molecule has 1 N–H and O–H groups in total. The molecular weight excluding hydrogens is 555 g/mol. The van der Waals surface area contributed by atoms with Crippen molar-refractivity contribution >= 4 is 16.6 Å². The molecule has 2 aromatic heterocycles. The number of tetrazole rings is 1. The first-order chi connectivity index (χ1) is 20.7. The van der Waals surface area contributed by atoms with Crippen molar-refractivity contribution in [1.29, 1.82) is 0 Å². The number of piperazine rings is 1. The van der Waals surface area contributed by atoms with E-state index in [0.29, 0.717) is 56.2 Å². The van der Waals surface area contributed by atoms with Crippen LogP contribution in [0.3, 0.4) is 0 Å². The van der Waals surface area contributed by atoms with Gasteiger partial charge in [0.15, 0.2) is 5.82 Å².